The van der Waals surface area contributed by atoms with Crippen LogP contribution in [0.2, 0.25) is 0 Å². The molecule has 0 aliphatic heterocycles. The van der Waals surface area contributed by atoms with Gasteiger partial charge in [-0.25, -0.2) is 0 Å². The highest BCUT2D eigenvalue weighted by Crippen LogP contribution is 2.13. The fourth-order valence-electron chi connectivity index (χ4n) is 6.65. The van der Waals surface area contributed by atoms with E-state index in [0.717, 1.165) is 83.5 Å². The molecule has 0 aromatic heterocycles. The topological polar surface area (TPSA) is 78.9 Å². The molecule has 0 spiro atoms. The van der Waals surface area contributed by atoms with E-state index in [-0.39, 0.29) is 44.0 Å². The molecule has 0 aromatic carbocycles. The Bertz CT molecular complexity index is 1340. The highest BCUT2D eigenvalue weighted by atomic mass is 16.6. The minimum atomic E-state index is -0.828. The first-order valence-electron chi connectivity index (χ1n) is 25.9. The summed E-state index contributed by atoms with van der Waals surface area (Å²) in [6.45, 7) is 6.38. The smallest absolute Gasteiger partial charge is 0.306 e. The van der Waals surface area contributed by atoms with Crippen LogP contribution in [0.5, 0.6) is 0 Å². The highest BCUT2D eigenvalue weighted by molar-refractivity contribution is 5.71. The van der Waals surface area contributed by atoms with Gasteiger partial charge in [0.2, 0.25) is 0 Å². The summed E-state index contributed by atoms with van der Waals surface area (Å²) < 4.78 is 16.7. The number of carbonyl (C=O) groups is 3. The normalized spacial score (nSPS) is 13.0. The minimum absolute atomic E-state index is 0.117. The Labute approximate surface area is 393 Å². The van der Waals surface area contributed by atoms with Gasteiger partial charge in [-0.3, -0.25) is 14.4 Å². The Hall–Kier alpha value is -3.93. The largest absolute Gasteiger partial charge is 0.462 e. The molecule has 0 unspecified atom stereocenters. The van der Waals surface area contributed by atoms with Crippen LogP contribution < -0.4 is 0 Å². The van der Waals surface area contributed by atoms with Crippen molar-refractivity contribution in [1.29, 1.82) is 0 Å². The van der Waals surface area contributed by atoms with E-state index < -0.39 is 6.10 Å². The van der Waals surface area contributed by atoms with Crippen molar-refractivity contribution in [3.05, 3.63) is 109 Å². The van der Waals surface area contributed by atoms with Crippen molar-refractivity contribution in [2.24, 2.45) is 0 Å². The third-order valence-electron chi connectivity index (χ3n) is 10.5. The summed E-state index contributed by atoms with van der Waals surface area (Å²) in [5.74, 6) is -1.05. The maximum Gasteiger partial charge on any atom is 0.306 e. The summed E-state index contributed by atoms with van der Waals surface area (Å²) in [4.78, 5) is 37.9. The zero-order valence-corrected chi connectivity index (χ0v) is 41.3. The highest BCUT2D eigenvalue weighted by Gasteiger charge is 2.19. The zero-order valence-electron chi connectivity index (χ0n) is 41.3. The summed E-state index contributed by atoms with van der Waals surface area (Å²) in [6, 6.07) is 0. The van der Waals surface area contributed by atoms with E-state index in [1.807, 2.05) is 12.2 Å². The number of hydrogen-bond acceptors (Lipinski definition) is 6. The maximum absolute atomic E-state index is 12.8. The second kappa shape index (κ2) is 51.7. The van der Waals surface area contributed by atoms with Gasteiger partial charge < -0.3 is 14.2 Å². The second-order valence-electron chi connectivity index (χ2n) is 16.7. The van der Waals surface area contributed by atoms with Crippen molar-refractivity contribution >= 4 is 17.9 Å². The van der Waals surface area contributed by atoms with Gasteiger partial charge in [0, 0.05) is 19.3 Å². The number of ether oxygens (including phenoxy) is 3. The molecule has 0 N–H and O–H groups in total. The van der Waals surface area contributed by atoms with Gasteiger partial charge >= 0.3 is 17.9 Å². The van der Waals surface area contributed by atoms with Crippen LogP contribution in [0.15, 0.2) is 109 Å². The third-order valence-corrected chi connectivity index (χ3v) is 10.5. The van der Waals surface area contributed by atoms with E-state index in [0.29, 0.717) is 19.3 Å². The van der Waals surface area contributed by atoms with Gasteiger partial charge in [-0.05, 0) is 96.3 Å². The van der Waals surface area contributed by atoms with Crippen molar-refractivity contribution in [2.45, 2.75) is 226 Å². The fourth-order valence-corrected chi connectivity index (χ4v) is 6.65. The van der Waals surface area contributed by atoms with Crippen LogP contribution in [-0.2, 0) is 28.6 Å². The average molecular weight is 887 g/mol. The number of esters is 3. The lowest BCUT2D eigenvalue weighted by Crippen LogP contribution is -2.30. The SMILES string of the molecule is CC/C=C\C/C=C\C/C=C\C/C=C\C/C=C\C/C=C\CCC(=O)OC[C@H](COC(=O)CCCCCCCCCCCCCC)OC(=O)CCCC/C=C\C/C=C\C/C=C\CCCCC. The molecule has 0 aliphatic carbocycles. The molecule has 6 nitrogen and oxygen atoms in total. The predicted molar refractivity (Wildman–Crippen MR) is 274 cm³/mol. The van der Waals surface area contributed by atoms with Gasteiger partial charge in [0.1, 0.15) is 13.2 Å². The number of carbonyl (C=O) groups excluding carboxylic acids is 3. The molecular formula is C58H94O6. The molecule has 1 atom stereocenters. The summed E-state index contributed by atoms with van der Waals surface area (Å²) >= 11 is 0. The van der Waals surface area contributed by atoms with Crippen LogP contribution in [0, 0.1) is 0 Å². The minimum Gasteiger partial charge on any atom is -0.462 e. The van der Waals surface area contributed by atoms with Gasteiger partial charge in [0.05, 0.1) is 0 Å². The first-order valence-corrected chi connectivity index (χ1v) is 25.9. The molecule has 64 heavy (non-hydrogen) atoms. The van der Waals surface area contributed by atoms with Gasteiger partial charge in [-0.15, -0.1) is 0 Å². The van der Waals surface area contributed by atoms with Crippen molar-refractivity contribution in [2.75, 3.05) is 13.2 Å². The van der Waals surface area contributed by atoms with Crippen molar-refractivity contribution < 1.29 is 28.6 Å². The third kappa shape index (κ3) is 49.1. The Morgan fingerprint density at radius 3 is 1.08 bits per heavy atom. The molecular weight excluding hydrogens is 793 g/mol. The van der Waals surface area contributed by atoms with E-state index in [2.05, 4.69) is 118 Å². The van der Waals surface area contributed by atoms with Crippen LogP contribution in [0.3, 0.4) is 0 Å². The second-order valence-corrected chi connectivity index (χ2v) is 16.7. The first-order chi connectivity index (χ1) is 31.5. The molecule has 0 fully saturated rings. The molecule has 362 valence electrons. The van der Waals surface area contributed by atoms with E-state index in [1.165, 1.54) is 83.5 Å². The molecule has 0 heterocycles. The van der Waals surface area contributed by atoms with Gasteiger partial charge in [-0.2, -0.15) is 0 Å². The Kier molecular flexibility index (Phi) is 48.5. The molecule has 0 rings (SSSR count). The Balaban J connectivity index is 4.56. The lowest BCUT2D eigenvalue weighted by Gasteiger charge is -2.18. The van der Waals surface area contributed by atoms with E-state index in [4.69, 9.17) is 14.2 Å². The Morgan fingerprint density at radius 2 is 0.641 bits per heavy atom. The summed E-state index contributed by atoms with van der Waals surface area (Å²) in [6.07, 6.45) is 69.4. The van der Waals surface area contributed by atoms with Crippen LogP contribution in [0.25, 0.3) is 0 Å². The molecule has 0 bridgehead atoms. The number of unbranched alkanes of at least 4 members (excludes halogenated alkanes) is 16. The first kappa shape index (κ1) is 60.1. The van der Waals surface area contributed by atoms with E-state index in [1.54, 1.807) is 0 Å². The molecule has 0 aromatic rings. The van der Waals surface area contributed by atoms with Crippen LogP contribution in [0.4, 0.5) is 0 Å². The molecule has 0 aliphatic rings. The molecule has 0 amide bonds. The fraction of sp³-hybridized carbons (Fsp3) is 0.638. The number of hydrogen-bond donors (Lipinski definition) is 0. The van der Waals surface area contributed by atoms with Gasteiger partial charge in [0.15, 0.2) is 6.10 Å². The zero-order chi connectivity index (χ0) is 46.5. The summed E-state index contributed by atoms with van der Waals surface area (Å²) in [5.41, 5.74) is 0. The van der Waals surface area contributed by atoms with Crippen molar-refractivity contribution in [3.8, 4) is 0 Å². The van der Waals surface area contributed by atoms with Crippen LogP contribution in [0.1, 0.15) is 220 Å². The lowest BCUT2D eigenvalue weighted by molar-refractivity contribution is -0.166. The maximum atomic E-state index is 12.8. The summed E-state index contributed by atoms with van der Waals surface area (Å²) in [5, 5.41) is 0. The van der Waals surface area contributed by atoms with E-state index >= 15 is 0 Å². The standard InChI is InChI=1S/C58H94O6/c1-4-7-10-13-16-19-22-25-27-28-29-30-32-33-36-39-42-45-48-51-57(60)63-54-55(53-62-56(59)50-47-44-41-38-35-24-21-18-15-12-9-6-3)64-58(61)52-49-46-43-40-37-34-31-26-23-20-17-14-11-8-5-2/h7,10,16-17,19-20,25-27,29-31,33,36-37,40,42,45,55H,4-6,8-9,11-15,18,21-24,28,32,34-35,38-39,41,43-44,46-54H2,1-3H3/b10-7-,19-16-,20-17-,27-25-,30-29-,31-26-,36-33-,40-37-,45-42-/t55-/m0/s1. The molecule has 0 saturated carbocycles. The van der Waals surface area contributed by atoms with Crippen molar-refractivity contribution in [3.63, 3.8) is 0 Å². The van der Waals surface area contributed by atoms with Crippen LogP contribution >= 0.6 is 0 Å². The summed E-state index contributed by atoms with van der Waals surface area (Å²) in [7, 11) is 0. The van der Waals surface area contributed by atoms with Gasteiger partial charge in [-0.1, -0.05) is 214 Å². The van der Waals surface area contributed by atoms with Crippen molar-refractivity contribution in [1.82, 2.24) is 0 Å². The monoisotopic (exact) mass is 887 g/mol. The average Bonchev–Trinajstić information content (AvgIpc) is 3.29. The molecule has 0 saturated heterocycles. The number of allylic oxidation sites excluding steroid dienone is 18. The van der Waals surface area contributed by atoms with E-state index in [9.17, 15) is 14.4 Å². The lowest BCUT2D eigenvalue weighted by atomic mass is 10.0. The number of rotatable bonds is 45. The van der Waals surface area contributed by atoms with Gasteiger partial charge in [0.25, 0.3) is 0 Å². The quantitative estimate of drug-likeness (QED) is 0.0262. The molecule has 6 heteroatoms. The van der Waals surface area contributed by atoms with Crippen LogP contribution in [-0.4, -0.2) is 37.2 Å². The Morgan fingerprint density at radius 1 is 0.328 bits per heavy atom. The predicted octanol–water partition coefficient (Wildman–Crippen LogP) is 17.1. The molecule has 0 radical (unpaired) electrons.